The number of carbonyl (C=O) groups is 2. The van der Waals surface area contributed by atoms with Crippen LogP contribution in [0.25, 0.3) is 0 Å². The first-order valence-electron chi connectivity index (χ1n) is 23.1. The van der Waals surface area contributed by atoms with Gasteiger partial charge < -0.3 is 63.3 Å². The number of hydrogen-bond donors (Lipinski definition) is 4. The summed E-state index contributed by atoms with van der Waals surface area (Å²) >= 11 is 0. The molecule has 3 saturated heterocycles. The molecule has 366 valence electrons. The molecule has 0 saturated carbocycles. The summed E-state index contributed by atoms with van der Waals surface area (Å²) in [6.45, 7) is 18.8. The molecule has 1 unspecified atom stereocenters. The molecule has 3 aliphatic rings. The van der Waals surface area contributed by atoms with Gasteiger partial charge >= 0.3 is 11.9 Å². The van der Waals surface area contributed by atoms with Gasteiger partial charge in [0.25, 0.3) is 0 Å². The standard InChI is InChI=1S/C48H80N2O14/c1-15-36-48(11,56)41(53)29(4)38(49-58-23-19-22-34-20-17-16-18-21-34)27(2)25-46(9,55)42(64-45-39(52)35(50(12)13)24-28(3)59-45)30(5)40(31(6)44(54)62-36)63-37-26-47(10,57-14)43(32(7)60-37)61-33(8)51/h16-18,20-21,27-32,35-37,39-43,45,52-53,55-56H,15,19,22-26H2,1-14H3/b49-38+/t27-,28-,29-,30+,31-,32+,35+,36+,37+,39-,40+,41-,42-,43+,45+,46?,47-,48-/m1/s1. The van der Waals surface area contributed by atoms with Crippen LogP contribution >= 0.6 is 0 Å². The highest BCUT2D eigenvalue weighted by Crippen LogP contribution is 2.41. The van der Waals surface area contributed by atoms with Crippen LogP contribution in [0.1, 0.15) is 114 Å². The minimum atomic E-state index is -1.96. The maximum absolute atomic E-state index is 14.5. The number of carbonyl (C=O) groups excluding carboxylic acids is 2. The molecule has 3 heterocycles. The summed E-state index contributed by atoms with van der Waals surface area (Å²) in [6.07, 6.45) is -7.88. The summed E-state index contributed by atoms with van der Waals surface area (Å²) in [5.41, 5.74) is -3.26. The van der Waals surface area contributed by atoms with Gasteiger partial charge in [0.05, 0.1) is 47.8 Å². The number of benzene rings is 1. The summed E-state index contributed by atoms with van der Waals surface area (Å²) in [4.78, 5) is 34.5. The predicted molar refractivity (Wildman–Crippen MR) is 239 cm³/mol. The number of aliphatic hydroxyl groups excluding tert-OH is 2. The van der Waals surface area contributed by atoms with E-state index in [1.54, 1.807) is 48.5 Å². The van der Waals surface area contributed by atoms with Crippen LogP contribution in [0, 0.1) is 23.7 Å². The van der Waals surface area contributed by atoms with Crippen molar-refractivity contribution in [1.82, 2.24) is 4.90 Å². The SMILES string of the molecule is CC[C@@H]1OC(=O)[C@H](C)[C@@H](O[C@H]2C[C@@](C)(OC)[C@@H](OC(C)=O)[C@H](C)O2)[C@H](C)[C@@H](O[C@@H]2O[C@H](C)C[C@H](N(C)C)[C@H]2O)C(C)(O)C[C@@H](C)/C(=N\OCCCc2ccccc2)[C@@H](C)[C@@H](O)[C@]1(C)O. The van der Waals surface area contributed by atoms with Crippen molar-refractivity contribution in [3.63, 3.8) is 0 Å². The number of likely N-dealkylation sites (N-methyl/N-ethyl adjacent to an activating group) is 1. The molecule has 4 N–H and O–H groups in total. The third-order valence-corrected chi connectivity index (χ3v) is 13.8. The summed E-state index contributed by atoms with van der Waals surface area (Å²) in [5, 5.41) is 53.4. The van der Waals surface area contributed by atoms with Crippen molar-refractivity contribution < 1.29 is 68.0 Å². The molecular weight excluding hydrogens is 829 g/mol. The third kappa shape index (κ3) is 13.0. The first kappa shape index (κ1) is 53.8. The number of ether oxygens (including phenoxy) is 7. The Morgan fingerprint density at radius 1 is 0.938 bits per heavy atom. The highest BCUT2D eigenvalue weighted by atomic mass is 16.7. The van der Waals surface area contributed by atoms with E-state index in [-0.39, 0.29) is 38.0 Å². The number of esters is 2. The lowest BCUT2D eigenvalue weighted by molar-refractivity contribution is -0.318. The maximum Gasteiger partial charge on any atom is 0.311 e. The molecule has 3 aliphatic heterocycles. The molecule has 64 heavy (non-hydrogen) atoms. The Hall–Kier alpha value is -2.77. The lowest BCUT2D eigenvalue weighted by atomic mass is 9.73. The number of aliphatic hydroxyl groups is 4. The first-order chi connectivity index (χ1) is 29.9. The van der Waals surface area contributed by atoms with Crippen LogP contribution in [0.3, 0.4) is 0 Å². The van der Waals surface area contributed by atoms with E-state index in [4.69, 9.17) is 38.0 Å². The van der Waals surface area contributed by atoms with Crippen LogP contribution in [0.15, 0.2) is 35.5 Å². The molecule has 0 amide bonds. The number of cyclic esters (lactones) is 1. The summed E-state index contributed by atoms with van der Waals surface area (Å²) in [6, 6.07) is 9.67. The third-order valence-electron chi connectivity index (χ3n) is 13.8. The first-order valence-corrected chi connectivity index (χ1v) is 23.1. The number of nitrogens with zero attached hydrogens (tertiary/aromatic N) is 2. The zero-order valence-electron chi connectivity index (χ0n) is 40.8. The Labute approximate surface area is 381 Å². The second-order valence-electron chi connectivity index (χ2n) is 19.6. The second-order valence-corrected chi connectivity index (χ2v) is 19.6. The zero-order chi connectivity index (χ0) is 47.9. The molecule has 4 rings (SSSR count). The van der Waals surface area contributed by atoms with Gasteiger partial charge in [-0.1, -0.05) is 63.2 Å². The van der Waals surface area contributed by atoms with Gasteiger partial charge in [0.15, 0.2) is 18.7 Å². The second kappa shape index (κ2) is 22.8. The van der Waals surface area contributed by atoms with Crippen LogP contribution < -0.4 is 0 Å². The maximum atomic E-state index is 14.5. The minimum Gasteiger partial charge on any atom is -0.459 e. The quantitative estimate of drug-likeness (QED) is 0.119. The highest BCUT2D eigenvalue weighted by molar-refractivity contribution is 5.88. The molecule has 18 atom stereocenters. The molecule has 0 aliphatic carbocycles. The molecular formula is C48H80N2O14. The molecule has 0 bridgehead atoms. The van der Waals surface area contributed by atoms with Gasteiger partial charge in [-0.3, -0.25) is 9.59 Å². The van der Waals surface area contributed by atoms with Gasteiger partial charge in [-0.15, -0.1) is 0 Å². The van der Waals surface area contributed by atoms with Crippen LogP contribution in [0.2, 0.25) is 0 Å². The van der Waals surface area contributed by atoms with Crippen LogP contribution in [0.4, 0.5) is 0 Å². The smallest absolute Gasteiger partial charge is 0.311 e. The molecule has 0 aromatic heterocycles. The average molecular weight is 909 g/mol. The molecule has 1 aromatic rings. The summed E-state index contributed by atoms with van der Waals surface area (Å²) < 4.78 is 44.0. The summed E-state index contributed by atoms with van der Waals surface area (Å²) in [7, 11) is 5.25. The van der Waals surface area contributed by atoms with E-state index >= 15 is 0 Å². The molecule has 16 heteroatoms. The Kier molecular flexibility index (Phi) is 19.2. The Balaban J connectivity index is 1.83. The molecule has 3 fully saturated rings. The fraction of sp³-hybridized carbons (Fsp3) is 0.812. The van der Waals surface area contributed by atoms with Gasteiger partial charge in [-0.05, 0) is 93.3 Å². The monoisotopic (exact) mass is 909 g/mol. The Morgan fingerprint density at radius 3 is 2.19 bits per heavy atom. The number of rotatable bonds is 13. The minimum absolute atomic E-state index is 0.00553. The van der Waals surface area contributed by atoms with E-state index in [0.717, 1.165) is 12.0 Å². The van der Waals surface area contributed by atoms with Crippen LogP contribution in [-0.4, -0.2) is 155 Å². The Morgan fingerprint density at radius 2 is 1.59 bits per heavy atom. The van der Waals surface area contributed by atoms with E-state index < -0.39 is 108 Å². The molecule has 0 spiro atoms. The van der Waals surface area contributed by atoms with E-state index in [2.05, 4.69) is 5.16 Å². The number of aryl methyl sites for hydroxylation is 1. The van der Waals surface area contributed by atoms with Gasteiger partial charge in [-0.25, -0.2) is 0 Å². The summed E-state index contributed by atoms with van der Waals surface area (Å²) in [5.74, 6) is -4.60. The Bertz CT molecular complexity index is 1660. The van der Waals surface area contributed by atoms with Gasteiger partial charge in [0, 0.05) is 44.2 Å². The van der Waals surface area contributed by atoms with E-state index in [0.29, 0.717) is 18.6 Å². The van der Waals surface area contributed by atoms with Crippen molar-refractivity contribution in [2.75, 3.05) is 27.8 Å². The molecule has 0 radical (unpaired) electrons. The van der Waals surface area contributed by atoms with Crippen molar-refractivity contribution >= 4 is 17.7 Å². The van der Waals surface area contributed by atoms with Gasteiger partial charge in [0.2, 0.25) is 0 Å². The lowest BCUT2D eigenvalue weighted by Crippen LogP contribution is -2.61. The van der Waals surface area contributed by atoms with Crippen molar-refractivity contribution in [2.45, 2.75) is 199 Å². The van der Waals surface area contributed by atoms with Crippen molar-refractivity contribution in [3.05, 3.63) is 35.9 Å². The topological polar surface area (TPSA) is 204 Å². The molecule has 16 nitrogen and oxygen atoms in total. The largest absolute Gasteiger partial charge is 0.459 e. The lowest BCUT2D eigenvalue weighted by Gasteiger charge is -2.49. The number of oxime groups is 1. The molecule has 1 aromatic carbocycles. The van der Waals surface area contributed by atoms with Crippen molar-refractivity contribution in [1.29, 1.82) is 0 Å². The van der Waals surface area contributed by atoms with E-state index in [1.165, 1.54) is 21.0 Å². The zero-order valence-corrected chi connectivity index (χ0v) is 40.8. The number of hydrogen-bond acceptors (Lipinski definition) is 16. The van der Waals surface area contributed by atoms with Crippen LogP contribution in [0.5, 0.6) is 0 Å². The van der Waals surface area contributed by atoms with E-state index in [1.807, 2.05) is 63.2 Å². The van der Waals surface area contributed by atoms with E-state index in [9.17, 15) is 30.0 Å². The fourth-order valence-electron chi connectivity index (χ4n) is 10.1. The van der Waals surface area contributed by atoms with Gasteiger partial charge in [0.1, 0.15) is 30.0 Å². The predicted octanol–water partition coefficient (Wildman–Crippen LogP) is 4.79. The van der Waals surface area contributed by atoms with Crippen LogP contribution in [-0.2, 0) is 54.0 Å². The highest BCUT2D eigenvalue weighted by Gasteiger charge is 2.54. The van der Waals surface area contributed by atoms with Gasteiger partial charge in [-0.2, -0.15) is 0 Å². The fourth-order valence-corrected chi connectivity index (χ4v) is 10.1. The van der Waals surface area contributed by atoms with Crippen molar-refractivity contribution in [3.8, 4) is 0 Å². The number of methoxy groups -OCH3 is 1. The average Bonchev–Trinajstić information content (AvgIpc) is 3.22. The normalized spacial score (nSPS) is 42.5. The van der Waals surface area contributed by atoms with Crippen molar-refractivity contribution in [2.24, 2.45) is 28.8 Å².